The number of rotatable bonds is 2. The minimum atomic E-state index is -0.288. The van der Waals surface area contributed by atoms with E-state index in [2.05, 4.69) is 10.3 Å². The molecule has 1 atom stereocenters. The Bertz CT molecular complexity index is 588. The van der Waals surface area contributed by atoms with Crippen molar-refractivity contribution in [2.45, 2.75) is 25.9 Å². The molecule has 18 heavy (non-hydrogen) atoms. The first-order valence-electron chi connectivity index (χ1n) is 6.02. The first-order chi connectivity index (χ1) is 8.72. The number of nitrogens with one attached hydrogen (secondary N) is 1. The Morgan fingerprint density at radius 2 is 2.44 bits per heavy atom. The Morgan fingerprint density at radius 1 is 1.56 bits per heavy atom. The van der Waals surface area contributed by atoms with E-state index in [1.54, 1.807) is 11.3 Å². The zero-order valence-corrected chi connectivity index (χ0v) is 10.9. The first-order valence-corrected chi connectivity index (χ1v) is 6.84. The zero-order valence-electron chi connectivity index (χ0n) is 10.1. The van der Waals surface area contributed by atoms with E-state index < -0.39 is 0 Å². The minimum absolute atomic E-state index is 0.0481. The van der Waals surface area contributed by atoms with Crippen LogP contribution in [-0.4, -0.2) is 23.6 Å². The minimum Gasteiger partial charge on any atom is -0.368 e. The lowest BCUT2D eigenvalue weighted by Crippen LogP contribution is -2.26. The van der Waals surface area contributed by atoms with Crippen LogP contribution in [0.25, 0.3) is 10.2 Å². The van der Waals surface area contributed by atoms with Crippen molar-refractivity contribution in [3.05, 3.63) is 23.2 Å². The number of carbonyl (C=O) groups is 1. The number of benzene rings is 1. The predicted molar refractivity (Wildman–Crippen MR) is 72.0 cm³/mol. The number of aryl methyl sites for hydroxylation is 1. The number of hydrogen-bond acceptors (Lipinski definition) is 4. The average Bonchev–Trinajstić information content (AvgIpc) is 2.95. The highest BCUT2D eigenvalue weighted by molar-refractivity contribution is 7.18. The van der Waals surface area contributed by atoms with Gasteiger partial charge in [0.15, 0.2) is 0 Å². The highest BCUT2D eigenvalue weighted by Crippen LogP contribution is 2.25. The Kier molecular flexibility index (Phi) is 3.01. The maximum Gasteiger partial charge on any atom is 0.253 e. The van der Waals surface area contributed by atoms with Crippen molar-refractivity contribution in [3.8, 4) is 0 Å². The Hall–Kier alpha value is -1.46. The van der Waals surface area contributed by atoms with Crippen LogP contribution in [0, 0.1) is 6.92 Å². The largest absolute Gasteiger partial charge is 0.368 e. The van der Waals surface area contributed by atoms with E-state index in [0.717, 1.165) is 33.8 Å². The van der Waals surface area contributed by atoms with E-state index in [-0.39, 0.29) is 12.0 Å². The summed E-state index contributed by atoms with van der Waals surface area (Å²) in [7, 11) is 0. The molecule has 0 bridgehead atoms. The van der Waals surface area contributed by atoms with Crippen molar-refractivity contribution in [3.63, 3.8) is 0 Å². The third-order valence-corrected chi connectivity index (χ3v) is 3.92. The van der Waals surface area contributed by atoms with Gasteiger partial charge in [-0.2, -0.15) is 0 Å². The van der Waals surface area contributed by atoms with E-state index in [9.17, 15) is 4.79 Å². The molecule has 1 aliphatic heterocycles. The molecule has 2 aromatic rings. The Labute approximate surface area is 109 Å². The fourth-order valence-corrected chi connectivity index (χ4v) is 2.99. The first kappa shape index (κ1) is 11.6. The summed E-state index contributed by atoms with van der Waals surface area (Å²) in [6.07, 6.45) is 1.49. The van der Waals surface area contributed by atoms with Gasteiger partial charge in [0.1, 0.15) is 6.10 Å². The molecule has 1 N–H and O–H groups in total. The average molecular weight is 262 g/mol. The van der Waals surface area contributed by atoms with Gasteiger partial charge in [0.05, 0.1) is 15.2 Å². The summed E-state index contributed by atoms with van der Waals surface area (Å²) in [6.45, 7) is 2.67. The van der Waals surface area contributed by atoms with E-state index in [0.29, 0.717) is 6.61 Å². The summed E-state index contributed by atoms with van der Waals surface area (Å²) < 4.78 is 6.45. The number of hydrogen-bond donors (Lipinski definition) is 1. The molecule has 1 amide bonds. The molecule has 1 aromatic heterocycles. The lowest BCUT2D eigenvalue weighted by molar-refractivity contribution is -0.124. The second-order valence-corrected chi connectivity index (χ2v) is 5.64. The van der Waals surface area contributed by atoms with Crippen molar-refractivity contribution in [1.82, 2.24) is 4.98 Å². The molecule has 3 rings (SSSR count). The standard InChI is InChI=1S/C13H14N2O2S/c1-8-14-10-5-4-9(7-12(10)18-8)15-13(16)11-3-2-6-17-11/h4-5,7,11H,2-3,6H2,1H3,(H,15,16)/t11-/m1/s1. The molecule has 5 heteroatoms. The third-order valence-electron chi connectivity index (χ3n) is 2.99. The predicted octanol–water partition coefficient (Wildman–Crippen LogP) is 2.72. The van der Waals surface area contributed by atoms with E-state index in [1.807, 2.05) is 25.1 Å². The van der Waals surface area contributed by atoms with Gasteiger partial charge in [-0.05, 0) is 38.0 Å². The molecule has 4 nitrogen and oxygen atoms in total. The molecule has 1 aromatic carbocycles. The SMILES string of the molecule is Cc1nc2ccc(NC(=O)[C@H]3CCCO3)cc2s1. The van der Waals surface area contributed by atoms with Crippen molar-refractivity contribution in [2.24, 2.45) is 0 Å². The summed E-state index contributed by atoms with van der Waals surface area (Å²) in [4.78, 5) is 16.3. The summed E-state index contributed by atoms with van der Waals surface area (Å²) in [5.41, 5.74) is 1.79. The number of thiazole rings is 1. The lowest BCUT2D eigenvalue weighted by Gasteiger charge is -2.10. The van der Waals surface area contributed by atoms with Crippen LogP contribution in [0.3, 0.4) is 0 Å². The highest BCUT2D eigenvalue weighted by Gasteiger charge is 2.23. The van der Waals surface area contributed by atoms with Gasteiger partial charge in [-0.3, -0.25) is 4.79 Å². The quantitative estimate of drug-likeness (QED) is 0.905. The maximum absolute atomic E-state index is 11.9. The zero-order chi connectivity index (χ0) is 12.5. The molecule has 0 unspecified atom stereocenters. The van der Waals surface area contributed by atoms with Crippen LogP contribution in [0.2, 0.25) is 0 Å². The van der Waals surface area contributed by atoms with Crippen LogP contribution in [0.5, 0.6) is 0 Å². The Balaban J connectivity index is 1.79. The van der Waals surface area contributed by atoms with Crippen molar-refractivity contribution in [2.75, 3.05) is 11.9 Å². The molecule has 0 saturated carbocycles. The van der Waals surface area contributed by atoms with Crippen LogP contribution in [0.4, 0.5) is 5.69 Å². The molecule has 0 spiro atoms. The lowest BCUT2D eigenvalue weighted by atomic mass is 10.2. The molecule has 1 aliphatic rings. The number of fused-ring (bicyclic) bond motifs is 1. The summed E-state index contributed by atoms with van der Waals surface area (Å²) >= 11 is 1.63. The smallest absolute Gasteiger partial charge is 0.253 e. The van der Waals surface area contributed by atoms with Gasteiger partial charge >= 0.3 is 0 Å². The van der Waals surface area contributed by atoms with E-state index >= 15 is 0 Å². The van der Waals surface area contributed by atoms with Crippen LogP contribution in [0.15, 0.2) is 18.2 Å². The third kappa shape index (κ3) is 2.23. The topological polar surface area (TPSA) is 51.2 Å². The number of carbonyl (C=O) groups excluding carboxylic acids is 1. The van der Waals surface area contributed by atoms with Crippen LogP contribution in [0.1, 0.15) is 17.8 Å². The Morgan fingerprint density at radius 3 is 3.22 bits per heavy atom. The van der Waals surface area contributed by atoms with Crippen molar-refractivity contribution >= 4 is 33.1 Å². The van der Waals surface area contributed by atoms with E-state index in [4.69, 9.17) is 4.74 Å². The summed E-state index contributed by atoms with van der Waals surface area (Å²) in [5.74, 6) is -0.0481. The van der Waals surface area contributed by atoms with Crippen LogP contribution >= 0.6 is 11.3 Å². The van der Waals surface area contributed by atoms with Gasteiger partial charge in [-0.15, -0.1) is 11.3 Å². The molecule has 1 saturated heterocycles. The van der Waals surface area contributed by atoms with Gasteiger partial charge in [0, 0.05) is 12.3 Å². The van der Waals surface area contributed by atoms with E-state index in [1.165, 1.54) is 0 Å². The number of aromatic nitrogens is 1. The number of amides is 1. The number of nitrogens with zero attached hydrogens (tertiary/aromatic N) is 1. The maximum atomic E-state index is 11.9. The fourth-order valence-electron chi connectivity index (χ4n) is 2.12. The molecule has 0 aliphatic carbocycles. The van der Waals surface area contributed by atoms with Gasteiger partial charge < -0.3 is 10.1 Å². The monoisotopic (exact) mass is 262 g/mol. The molecular weight excluding hydrogens is 248 g/mol. The van der Waals surface area contributed by atoms with Crippen LogP contribution in [-0.2, 0) is 9.53 Å². The van der Waals surface area contributed by atoms with Gasteiger partial charge in [-0.1, -0.05) is 0 Å². The molecular formula is C13H14N2O2S. The van der Waals surface area contributed by atoms with Crippen molar-refractivity contribution in [1.29, 1.82) is 0 Å². The van der Waals surface area contributed by atoms with Crippen molar-refractivity contribution < 1.29 is 9.53 Å². The normalized spacial score (nSPS) is 19.3. The van der Waals surface area contributed by atoms with Crippen LogP contribution < -0.4 is 5.32 Å². The summed E-state index contributed by atoms with van der Waals surface area (Å²) in [6, 6.07) is 5.78. The molecule has 2 heterocycles. The second-order valence-electron chi connectivity index (χ2n) is 4.41. The van der Waals surface area contributed by atoms with Gasteiger partial charge in [0.25, 0.3) is 5.91 Å². The van der Waals surface area contributed by atoms with Gasteiger partial charge in [-0.25, -0.2) is 4.98 Å². The van der Waals surface area contributed by atoms with Gasteiger partial charge in [0.2, 0.25) is 0 Å². The highest BCUT2D eigenvalue weighted by atomic mass is 32.1. The number of ether oxygens (including phenoxy) is 1. The number of anilines is 1. The fraction of sp³-hybridized carbons (Fsp3) is 0.385. The molecule has 94 valence electrons. The molecule has 0 radical (unpaired) electrons. The summed E-state index contributed by atoms with van der Waals surface area (Å²) in [5, 5.41) is 3.94. The molecule has 1 fully saturated rings. The second kappa shape index (κ2) is 4.66.